The third-order valence-corrected chi connectivity index (χ3v) is 3.70. The van der Waals surface area contributed by atoms with Crippen LogP contribution in [0.3, 0.4) is 0 Å². The number of aromatic hydroxyl groups is 1. The number of hydrogen-bond donors (Lipinski definition) is 2. The normalized spacial score (nSPS) is 18.9. The molecule has 0 heterocycles. The summed E-state index contributed by atoms with van der Waals surface area (Å²) in [6.07, 6.45) is 1.95. The highest BCUT2D eigenvalue weighted by molar-refractivity contribution is 5.37. The fourth-order valence-electron chi connectivity index (χ4n) is 1.94. The summed E-state index contributed by atoms with van der Waals surface area (Å²) in [7, 11) is 0. The fraction of sp³-hybridized carbons (Fsp3) is 0.500. The summed E-state index contributed by atoms with van der Waals surface area (Å²) < 4.78 is 13.2. The first-order valence-electron chi connectivity index (χ1n) is 5.15. The van der Waals surface area contributed by atoms with Crippen LogP contribution in [0, 0.1) is 5.82 Å². The molecule has 2 rings (SSSR count). The van der Waals surface area contributed by atoms with Crippen molar-refractivity contribution < 1.29 is 9.50 Å². The van der Waals surface area contributed by atoms with E-state index in [1.54, 1.807) is 6.07 Å². The van der Waals surface area contributed by atoms with Crippen LogP contribution in [-0.4, -0.2) is 10.6 Å². The van der Waals surface area contributed by atoms with E-state index >= 15 is 0 Å². The lowest BCUT2D eigenvalue weighted by molar-refractivity contribution is 0.384. The van der Waals surface area contributed by atoms with Crippen molar-refractivity contribution in [3.05, 3.63) is 29.6 Å². The Bertz CT molecular complexity index is 397. The number of hydrogen-bond acceptors (Lipinski definition) is 2. The van der Waals surface area contributed by atoms with Crippen molar-refractivity contribution in [2.45, 2.75) is 37.6 Å². The van der Waals surface area contributed by atoms with Gasteiger partial charge in [-0.2, -0.15) is 0 Å². The summed E-state index contributed by atoms with van der Waals surface area (Å²) in [6.45, 7) is 4.04. The Morgan fingerprint density at radius 1 is 1.40 bits per heavy atom. The number of nitrogens with two attached hydrogens (primary N) is 1. The zero-order chi connectivity index (χ0) is 11.3. The lowest BCUT2D eigenvalue weighted by Gasteiger charge is -2.32. The van der Waals surface area contributed by atoms with Crippen molar-refractivity contribution in [3.63, 3.8) is 0 Å². The molecule has 0 bridgehead atoms. The molecule has 1 aromatic carbocycles. The molecule has 1 aromatic rings. The maximum Gasteiger partial charge on any atom is 0.165 e. The first-order valence-corrected chi connectivity index (χ1v) is 5.15. The van der Waals surface area contributed by atoms with Crippen LogP contribution in [0.15, 0.2) is 18.2 Å². The average Bonchev–Trinajstić information content (AvgIpc) is 2.90. The molecule has 0 radical (unpaired) electrons. The first-order chi connectivity index (χ1) is 6.87. The molecule has 0 spiro atoms. The van der Waals surface area contributed by atoms with Gasteiger partial charge in [-0.15, -0.1) is 0 Å². The molecule has 1 aliphatic carbocycles. The van der Waals surface area contributed by atoms with E-state index in [2.05, 4.69) is 0 Å². The van der Waals surface area contributed by atoms with E-state index in [4.69, 9.17) is 10.8 Å². The second-order valence-electron chi connectivity index (χ2n) is 4.95. The van der Waals surface area contributed by atoms with Crippen LogP contribution >= 0.6 is 0 Å². The number of phenolic OH excluding ortho intramolecular Hbond substituents is 1. The van der Waals surface area contributed by atoms with Gasteiger partial charge in [0.2, 0.25) is 0 Å². The van der Waals surface area contributed by atoms with Crippen LogP contribution in [0.4, 0.5) is 4.39 Å². The van der Waals surface area contributed by atoms with Crippen molar-refractivity contribution in [1.29, 1.82) is 0 Å². The Morgan fingerprint density at radius 3 is 2.47 bits per heavy atom. The van der Waals surface area contributed by atoms with Gasteiger partial charge in [0, 0.05) is 11.0 Å². The third kappa shape index (κ3) is 1.51. The summed E-state index contributed by atoms with van der Waals surface area (Å²) in [4.78, 5) is 0. The molecule has 3 heteroatoms. The summed E-state index contributed by atoms with van der Waals surface area (Å²) in [5.74, 6) is -0.888. The smallest absolute Gasteiger partial charge is 0.165 e. The van der Waals surface area contributed by atoms with Crippen LogP contribution in [0.1, 0.15) is 32.3 Å². The van der Waals surface area contributed by atoms with Crippen LogP contribution in [0.25, 0.3) is 0 Å². The summed E-state index contributed by atoms with van der Waals surface area (Å²) in [6, 6.07) is 4.51. The predicted octanol–water partition coefficient (Wildman–Crippen LogP) is 2.30. The molecule has 3 N–H and O–H groups in total. The third-order valence-electron chi connectivity index (χ3n) is 3.70. The van der Waals surface area contributed by atoms with Gasteiger partial charge in [0.05, 0.1) is 0 Å². The van der Waals surface area contributed by atoms with Gasteiger partial charge < -0.3 is 10.8 Å². The van der Waals surface area contributed by atoms with Crippen molar-refractivity contribution in [1.82, 2.24) is 0 Å². The van der Waals surface area contributed by atoms with Crippen LogP contribution in [0.2, 0.25) is 0 Å². The molecule has 1 saturated carbocycles. The highest BCUT2D eigenvalue weighted by Gasteiger charge is 2.51. The highest BCUT2D eigenvalue weighted by Crippen LogP contribution is 2.49. The van der Waals surface area contributed by atoms with Gasteiger partial charge in [0.15, 0.2) is 11.6 Å². The fourth-order valence-corrected chi connectivity index (χ4v) is 1.94. The topological polar surface area (TPSA) is 46.2 Å². The minimum absolute atomic E-state index is 0.212. The van der Waals surface area contributed by atoms with Gasteiger partial charge in [0.25, 0.3) is 0 Å². The maximum absolute atomic E-state index is 13.2. The Hall–Kier alpha value is -1.09. The van der Waals surface area contributed by atoms with E-state index in [9.17, 15) is 4.39 Å². The second kappa shape index (κ2) is 2.95. The highest BCUT2D eigenvalue weighted by atomic mass is 19.1. The summed E-state index contributed by atoms with van der Waals surface area (Å²) in [5, 5.41) is 9.12. The molecule has 0 atom stereocenters. The number of phenols is 1. The molecule has 1 fully saturated rings. The zero-order valence-corrected chi connectivity index (χ0v) is 9.05. The maximum atomic E-state index is 13.2. The van der Waals surface area contributed by atoms with Crippen LogP contribution < -0.4 is 5.73 Å². The minimum Gasteiger partial charge on any atom is -0.505 e. The monoisotopic (exact) mass is 209 g/mol. The Kier molecular flexibility index (Phi) is 2.05. The molecule has 0 saturated heterocycles. The number of halogens is 1. The van der Waals surface area contributed by atoms with Gasteiger partial charge in [-0.3, -0.25) is 0 Å². The Morgan fingerprint density at radius 2 is 2.00 bits per heavy atom. The predicted molar refractivity (Wildman–Crippen MR) is 57.2 cm³/mol. The first kappa shape index (κ1) is 10.4. The van der Waals surface area contributed by atoms with Gasteiger partial charge in [0.1, 0.15) is 0 Å². The van der Waals surface area contributed by atoms with Crippen LogP contribution in [-0.2, 0) is 5.41 Å². The molecule has 15 heavy (non-hydrogen) atoms. The zero-order valence-electron chi connectivity index (χ0n) is 9.05. The standard InChI is InChI=1S/C12H16FNO/c1-11(2,12(14)5-6-12)8-3-4-10(15)9(13)7-8/h3-4,7,15H,5-6,14H2,1-2H3. The van der Waals surface area contributed by atoms with Crippen molar-refractivity contribution in [2.75, 3.05) is 0 Å². The Balaban J connectivity index is 2.41. The van der Waals surface area contributed by atoms with Gasteiger partial charge in [-0.1, -0.05) is 19.9 Å². The van der Waals surface area contributed by atoms with Crippen molar-refractivity contribution in [2.24, 2.45) is 5.73 Å². The Labute approximate surface area is 88.9 Å². The quantitative estimate of drug-likeness (QED) is 0.785. The molecule has 0 amide bonds. The van der Waals surface area contributed by atoms with E-state index < -0.39 is 5.82 Å². The van der Waals surface area contributed by atoms with Crippen molar-refractivity contribution >= 4 is 0 Å². The van der Waals surface area contributed by atoms with E-state index in [-0.39, 0.29) is 16.7 Å². The lowest BCUT2D eigenvalue weighted by Crippen LogP contribution is -2.43. The van der Waals surface area contributed by atoms with Gasteiger partial charge in [-0.05, 0) is 30.5 Å². The summed E-state index contributed by atoms with van der Waals surface area (Å²) >= 11 is 0. The number of benzene rings is 1. The molecule has 2 nitrogen and oxygen atoms in total. The summed E-state index contributed by atoms with van der Waals surface area (Å²) in [5.41, 5.74) is 6.54. The molecule has 0 aromatic heterocycles. The second-order valence-corrected chi connectivity index (χ2v) is 4.95. The van der Waals surface area contributed by atoms with Gasteiger partial charge >= 0.3 is 0 Å². The van der Waals surface area contributed by atoms with Gasteiger partial charge in [-0.25, -0.2) is 4.39 Å². The molecular weight excluding hydrogens is 193 g/mol. The van der Waals surface area contributed by atoms with E-state index in [0.717, 1.165) is 18.4 Å². The molecule has 1 aliphatic rings. The molecular formula is C12H16FNO. The van der Waals surface area contributed by atoms with Crippen molar-refractivity contribution in [3.8, 4) is 5.75 Å². The molecule has 0 aliphatic heterocycles. The lowest BCUT2D eigenvalue weighted by atomic mass is 9.76. The molecule has 0 unspecified atom stereocenters. The molecule has 82 valence electrons. The van der Waals surface area contributed by atoms with E-state index in [1.807, 2.05) is 13.8 Å². The largest absolute Gasteiger partial charge is 0.505 e. The van der Waals surface area contributed by atoms with Crippen LogP contribution in [0.5, 0.6) is 5.75 Å². The SMILES string of the molecule is CC(C)(c1ccc(O)c(F)c1)C1(N)CC1. The van der Waals surface area contributed by atoms with E-state index in [0.29, 0.717) is 0 Å². The average molecular weight is 209 g/mol. The van der Waals surface area contributed by atoms with E-state index in [1.165, 1.54) is 12.1 Å². The number of rotatable bonds is 2. The minimum atomic E-state index is -0.579.